The minimum atomic E-state index is -0.763. The van der Waals surface area contributed by atoms with E-state index in [0.29, 0.717) is 0 Å². The van der Waals surface area contributed by atoms with Gasteiger partial charge in [-0.25, -0.2) is 0 Å². The van der Waals surface area contributed by atoms with Gasteiger partial charge < -0.3 is 9.64 Å². The number of hydrogen-bond acceptors (Lipinski definition) is 6. The van der Waals surface area contributed by atoms with Crippen molar-refractivity contribution in [2.75, 3.05) is 20.3 Å². The van der Waals surface area contributed by atoms with E-state index in [1.165, 1.54) is 12.0 Å². The van der Waals surface area contributed by atoms with Crippen molar-refractivity contribution >= 4 is 17.3 Å². The maximum atomic E-state index is 12.8. The van der Waals surface area contributed by atoms with Crippen molar-refractivity contribution in [3.05, 3.63) is 79.9 Å². The van der Waals surface area contributed by atoms with Crippen molar-refractivity contribution in [1.29, 1.82) is 0 Å². The summed E-state index contributed by atoms with van der Waals surface area (Å²) in [6, 6.07) is 12.1. The Labute approximate surface area is 149 Å². The minimum absolute atomic E-state index is 0.113. The Kier molecular flexibility index (Phi) is 6.34. The molecule has 0 N–H and O–H groups in total. The zero-order valence-electron chi connectivity index (χ0n) is 14.0. The van der Waals surface area contributed by atoms with Crippen molar-refractivity contribution in [2.45, 2.75) is 6.54 Å². The Morgan fingerprint density at radius 2 is 1.62 bits per heavy atom. The lowest BCUT2D eigenvalue weighted by molar-refractivity contribution is -0.394. The van der Waals surface area contributed by atoms with Crippen molar-refractivity contribution in [3.63, 3.8) is 0 Å². The number of carbonyl (C=O) groups is 1. The molecule has 0 unspecified atom stereocenters. The molecule has 0 radical (unpaired) electrons. The van der Waals surface area contributed by atoms with E-state index in [-0.39, 0.29) is 25.3 Å². The highest BCUT2D eigenvalue weighted by Crippen LogP contribution is 2.24. The van der Waals surface area contributed by atoms with Gasteiger partial charge in [-0.15, -0.1) is 0 Å². The van der Waals surface area contributed by atoms with E-state index in [4.69, 9.17) is 4.74 Å². The van der Waals surface area contributed by atoms with Crippen LogP contribution in [-0.2, 0) is 11.3 Å². The molecule has 2 rings (SSSR count). The van der Waals surface area contributed by atoms with Crippen LogP contribution in [0.3, 0.4) is 0 Å². The minimum Gasteiger partial charge on any atom is -0.383 e. The Bertz CT molecular complexity index is 777. The van der Waals surface area contributed by atoms with E-state index in [0.717, 1.165) is 23.8 Å². The maximum absolute atomic E-state index is 12.8. The number of nitro groups is 2. The summed E-state index contributed by atoms with van der Waals surface area (Å²) >= 11 is 0. The number of non-ortho nitro benzene ring substituents is 2. The molecule has 0 atom stereocenters. The third-order valence-corrected chi connectivity index (χ3v) is 3.64. The molecule has 0 fully saturated rings. The maximum Gasteiger partial charge on any atom is 0.277 e. The van der Waals surface area contributed by atoms with E-state index in [1.807, 2.05) is 30.3 Å². The van der Waals surface area contributed by atoms with Gasteiger partial charge in [-0.3, -0.25) is 25.0 Å². The highest BCUT2D eigenvalue weighted by Gasteiger charge is 2.23. The molecule has 0 saturated carbocycles. The molecule has 0 aliphatic carbocycles. The molecule has 0 aromatic heterocycles. The van der Waals surface area contributed by atoms with Crippen LogP contribution >= 0.6 is 0 Å². The van der Waals surface area contributed by atoms with E-state index >= 15 is 0 Å². The molecule has 0 heterocycles. The van der Waals surface area contributed by atoms with Gasteiger partial charge in [-0.05, 0) is 5.56 Å². The Morgan fingerprint density at radius 1 is 1.04 bits per heavy atom. The predicted molar refractivity (Wildman–Crippen MR) is 92.8 cm³/mol. The number of ether oxygens (including phenoxy) is 1. The fourth-order valence-electron chi connectivity index (χ4n) is 2.37. The predicted octanol–water partition coefficient (Wildman–Crippen LogP) is 2.79. The second-order valence-electron chi connectivity index (χ2n) is 5.46. The second kappa shape index (κ2) is 8.67. The highest BCUT2D eigenvalue weighted by atomic mass is 16.6. The quantitative estimate of drug-likeness (QED) is 0.528. The van der Waals surface area contributed by atoms with Crippen LogP contribution in [0.25, 0.3) is 0 Å². The Morgan fingerprint density at radius 3 is 2.12 bits per heavy atom. The van der Waals surface area contributed by atoms with Crippen LogP contribution in [0, 0.1) is 20.2 Å². The molecule has 1 amide bonds. The van der Waals surface area contributed by atoms with Crippen LogP contribution in [0.4, 0.5) is 11.4 Å². The van der Waals surface area contributed by atoms with Gasteiger partial charge in [-0.2, -0.15) is 0 Å². The van der Waals surface area contributed by atoms with Gasteiger partial charge in [0.1, 0.15) is 0 Å². The summed E-state index contributed by atoms with van der Waals surface area (Å²) < 4.78 is 5.01. The lowest BCUT2D eigenvalue weighted by atomic mass is 10.1. The average Bonchev–Trinajstić information content (AvgIpc) is 2.64. The summed E-state index contributed by atoms with van der Waals surface area (Å²) in [7, 11) is 1.49. The van der Waals surface area contributed by atoms with E-state index in [2.05, 4.69) is 0 Å². The number of hydrogen-bond donors (Lipinski definition) is 0. The van der Waals surface area contributed by atoms with Gasteiger partial charge in [0, 0.05) is 32.3 Å². The van der Waals surface area contributed by atoms with Crippen molar-refractivity contribution < 1.29 is 19.4 Å². The lowest BCUT2D eigenvalue weighted by Crippen LogP contribution is -2.33. The molecule has 0 saturated heterocycles. The first-order valence-corrected chi connectivity index (χ1v) is 7.68. The molecule has 26 heavy (non-hydrogen) atoms. The first kappa shape index (κ1) is 19.0. The number of amides is 1. The summed E-state index contributed by atoms with van der Waals surface area (Å²) in [5.74, 6) is -0.544. The number of nitro benzene ring substituents is 2. The van der Waals surface area contributed by atoms with Crippen molar-refractivity contribution in [2.24, 2.45) is 0 Å². The summed E-state index contributed by atoms with van der Waals surface area (Å²) in [5, 5.41) is 22.0. The normalized spacial score (nSPS) is 10.3. The second-order valence-corrected chi connectivity index (χ2v) is 5.46. The fourth-order valence-corrected chi connectivity index (χ4v) is 2.37. The summed E-state index contributed by atoms with van der Waals surface area (Å²) in [4.78, 5) is 34.8. The zero-order chi connectivity index (χ0) is 19.1. The van der Waals surface area contributed by atoms with E-state index in [9.17, 15) is 25.0 Å². The molecule has 0 aliphatic rings. The van der Waals surface area contributed by atoms with E-state index in [1.54, 1.807) is 0 Å². The number of methoxy groups -OCH3 is 1. The number of rotatable bonds is 8. The highest BCUT2D eigenvalue weighted by molar-refractivity contribution is 5.95. The molecule has 0 aliphatic heterocycles. The molecule has 9 nitrogen and oxygen atoms in total. The smallest absolute Gasteiger partial charge is 0.277 e. The van der Waals surface area contributed by atoms with Gasteiger partial charge in [0.05, 0.1) is 28.1 Å². The van der Waals surface area contributed by atoms with Crippen LogP contribution in [0.5, 0.6) is 0 Å². The number of benzene rings is 2. The Hall–Kier alpha value is -3.33. The van der Waals surface area contributed by atoms with Crippen LogP contribution in [-0.4, -0.2) is 40.9 Å². The van der Waals surface area contributed by atoms with Crippen LogP contribution < -0.4 is 0 Å². The van der Waals surface area contributed by atoms with Crippen LogP contribution in [0.1, 0.15) is 15.9 Å². The molecular formula is C17H17N3O6. The molecule has 136 valence electrons. The monoisotopic (exact) mass is 359 g/mol. The SMILES string of the molecule is COCCN(Cc1ccccc1)C(=O)c1cc([N+](=O)[O-])cc([N+](=O)[O-])c1. The fraction of sp³-hybridized carbons (Fsp3) is 0.235. The summed E-state index contributed by atoms with van der Waals surface area (Å²) in [6.07, 6.45) is 0. The molecule has 2 aromatic carbocycles. The number of nitrogens with zero attached hydrogens (tertiary/aromatic N) is 3. The Balaban J connectivity index is 2.37. The van der Waals surface area contributed by atoms with Crippen molar-refractivity contribution in [3.8, 4) is 0 Å². The van der Waals surface area contributed by atoms with Gasteiger partial charge in [0.15, 0.2) is 0 Å². The van der Waals surface area contributed by atoms with Crippen LogP contribution in [0.15, 0.2) is 48.5 Å². The zero-order valence-corrected chi connectivity index (χ0v) is 14.0. The third kappa shape index (κ3) is 4.84. The molecule has 9 heteroatoms. The molecule has 0 bridgehead atoms. The summed E-state index contributed by atoms with van der Waals surface area (Å²) in [5.41, 5.74) is -0.266. The van der Waals surface area contributed by atoms with Gasteiger partial charge in [0.2, 0.25) is 0 Å². The third-order valence-electron chi connectivity index (χ3n) is 3.64. The van der Waals surface area contributed by atoms with Gasteiger partial charge in [-0.1, -0.05) is 30.3 Å². The van der Waals surface area contributed by atoms with Crippen LogP contribution in [0.2, 0.25) is 0 Å². The van der Waals surface area contributed by atoms with E-state index < -0.39 is 27.1 Å². The lowest BCUT2D eigenvalue weighted by Gasteiger charge is -2.22. The van der Waals surface area contributed by atoms with Crippen molar-refractivity contribution in [1.82, 2.24) is 4.90 Å². The standard InChI is InChI=1S/C17H17N3O6/c1-26-8-7-18(12-13-5-3-2-4-6-13)17(21)14-9-15(19(22)23)11-16(10-14)20(24)25/h2-6,9-11H,7-8,12H2,1H3. The topological polar surface area (TPSA) is 116 Å². The van der Waals surface area contributed by atoms with Gasteiger partial charge >= 0.3 is 0 Å². The first-order chi connectivity index (χ1) is 12.4. The summed E-state index contributed by atoms with van der Waals surface area (Å²) in [6.45, 7) is 0.746. The molecular weight excluding hydrogens is 342 g/mol. The first-order valence-electron chi connectivity index (χ1n) is 7.68. The molecule has 2 aromatic rings. The number of carbonyl (C=O) groups excluding carboxylic acids is 1. The van der Waals surface area contributed by atoms with Gasteiger partial charge in [0.25, 0.3) is 17.3 Å². The molecule has 0 spiro atoms. The largest absolute Gasteiger partial charge is 0.383 e. The average molecular weight is 359 g/mol.